The fourth-order valence-corrected chi connectivity index (χ4v) is 3.22. The maximum atomic E-state index is 11.8. The zero-order valence-electron chi connectivity index (χ0n) is 12.6. The molecule has 0 saturated carbocycles. The van der Waals surface area contributed by atoms with Crippen molar-refractivity contribution in [2.45, 2.75) is 57.7 Å². The SMILES string of the molecule is CCCCCC(=O)N[C@@H]1CCN(Cc2cscn2)C[C@H]1O. The second kappa shape index (κ2) is 8.46. The van der Waals surface area contributed by atoms with Gasteiger partial charge in [0, 0.05) is 31.4 Å². The van der Waals surface area contributed by atoms with E-state index in [0.717, 1.165) is 44.5 Å². The molecule has 0 spiro atoms. The Morgan fingerprint density at radius 2 is 2.43 bits per heavy atom. The molecule has 2 N–H and O–H groups in total. The van der Waals surface area contributed by atoms with Crippen LogP contribution in [0, 0.1) is 0 Å². The predicted molar refractivity (Wildman–Crippen MR) is 84.1 cm³/mol. The van der Waals surface area contributed by atoms with Gasteiger partial charge in [0.15, 0.2) is 0 Å². The standard InChI is InChI=1S/C15H25N3O2S/c1-2-3-4-5-15(20)17-13-6-7-18(9-14(13)19)8-12-10-21-11-16-12/h10-11,13-14,19H,2-9H2,1H3,(H,17,20)/t13-,14-/m1/s1. The molecule has 0 bridgehead atoms. The van der Waals surface area contributed by atoms with Crippen LogP contribution in [0.25, 0.3) is 0 Å². The molecule has 0 aliphatic carbocycles. The number of nitrogens with zero attached hydrogens (tertiary/aromatic N) is 2. The Bertz CT molecular complexity index is 425. The van der Waals surface area contributed by atoms with E-state index in [-0.39, 0.29) is 11.9 Å². The molecule has 6 heteroatoms. The number of hydrogen-bond acceptors (Lipinski definition) is 5. The first kappa shape index (κ1) is 16.4. The van der Waals surface area contributed by atoms with Gasteiger partial charge < -0.3 is 10.4 Å². The van der Waals surface area contributed by atoms with E-state index in [1.807, 2.05) is 10.9 Å². The van der Waals surface area contributed by atoms with Crippen LogP contribution in [0.5, 0.6) is 0 Å². The highest BCUT2D eigenvalue weighted by atomic mass is 32.1. The number of carbonyl (C=O) groups is 1. The molecule has 2 atom stereocenters. The molecular weight excluding hydrogens is 286 g/mol. The van der Waals surface area contributed by atoms with E-state index in [1.165, 1.54) is 0 Å². The summed E-state index contributed by atoms with van der Waals surface area (Å²) in [4.78, 5) is 18.3. The maximum Gasteiger partial charge on any atom is 0.220 e. The molecule has 0 radical (unpaired) electrons. The number of β-amino-alcohol motifs (C(OH)–C–C–N with tert-alkyl or cyclic N) is 1. The van der Waals surface area contributed by atoms with E-state index in [1.54, 1.807) is 11.3 Å². The van der Waals surface area contributed by atoms with Crippen molar-refractivity contribution in [2.24, 2.45) is 0 Å². The molecule has 1 aliphatic heterocycles. The number of amides is 1. The van der Waals surface area contributed by atoms with Gasteiger partial charge in [-0.2, -0.15) is 0 Å². The zero-order valence-corrected chi connectivity index (χ0v) is 13.4. The van der Waals surface area contributed by atoms with Crippen LogP contribution >= 0.6 is 11.3 Å². The van der Waals surface area contributed by atoms with Gasteiger partial charge in [0.1, 0.15) is 0 Å². The molecule has 2 heterocycles. The third-order valence-corrected chi connectivity index (χ3v) is 4.52. The fourth-order valence-electron chi connectivity index (χ4n) is 2.67. The zero-order chi connectivity index (χ0) is 15.1. The summed E-state index contributed by atoms with van der Waals surface area (Å²) in [6.07, 6.45) is 4.01. The largest absolute Gasteiger partial charge is 0.390 e. The van der Waals surface area contributed by atoms with Crippen molar-refractivity contribution in [1.29, 1.82) is 0 Å². The lowest BCUT2D eigenvalue weighted by molar-refractivity contribution is -0.123. The molecule has 21 heavy (non-hydrogen) atoms. The van der Waals surface area contributed by atoms with E-state index in [4.69, 9.17) is 0 Å². The number of carbonyl (C=O) groups excluding carboxylic acids is 1. The van der Waals surface area contributed by atoms with E-state index >= 15 is 0 Å². The summed E-state index contributed by atoms with van der Waals surface area (Å²) in [6.45, 7) is 4.38. The highest BCUT2D eigenvalue weighted by Crippen LogP contribution is 2.15. The van der Waals surface area contributed by atoms with Crippen LogP contribution in [0.2, 0.25) is 0 Å². The first-order chi connectivity index (χ1) is 10.2. The highest BCUT2D eigenvalue weighted by molar-refractivity contribution is 7.07. The first-order valence-electron chi connectivity index (χ1n) is 7.76. The number of unbranched alkanes of at least 4 members (excludes halogenated alkanes) is 2. The van der Waals surface area contributed by atoms with Crippen LogP contribution in [-0.4, -0.2) is 46.1 Å². The number of aliphatic hydroxyl groups excluding tert-OH is 1. The van der Waals surface area contributed by atoms with Gasteiger partial charge in [-0.25, -0.2) is 4.98 Å². The molecule has 5 nitrogen and oxygen atoms in total. The molecule has 2 rings (SSSR count). The number of hydrogen-bond donors (Lipinski definition) is 2. The average molecular weight is 311 g/mol. The summed E-state index contributed by atoms with van der Waals surface area (Å²) in [5, 5.41) is 15.2. The molecule has 1 aromatic rings. The number of piperidine rings is 1. The molecule has 1 aliphatic rings. The number of likely N-dealkylation sites (tertiary alicyclic amines) is 1. The van der Waals surface area contributed by atoms with E-state index in [2.05, 4.69) is 22.1 Å². The van der Waals surface area contributed by atoms with Crippen LogP contribution in [0.4, 0.5) is 0 Å². The Morgan fingerprint density at radius 3 is 3.10 bits per heavy atom. The Kier molecular flexibility index (Phi) is 6.60. The average Bonchev–Trinajstić information content (AvgIpc) is 2.95. The van der Waals surface area contributed by atoms with Gasteiger partial charge in [0.05, 0.1) is 23.4 Å². The van der Waals surface area contributed by atoms with Crippen LogP contribution < -0.4 is 5.32 Å². The van der Waals surface area contributed by atoms with Gasteiger partial charge in [-0.15, -0.1) is 11.3 Å². The third kappa shape index (κ3) is 5.37. The second-order valence-corrected chi connectivity index (χ2v) is 6.42. The smallest absolute Gasteiger partial charge is 0.220 e. The number of nitrogens with one attached hydrogen (secondary N) is 1. The first-order valence-corrected chi connectivity index (χ1v) is 8.70. The molecule has 1 saturated heterocycles. The molecule has 118 valence electrons. The molecule has 1 amide bonds. The molecule has 0 unspecified atom stereocenters. The molecule has 1 aromatic heterocycles. The minimum absolute atomic E-state index is 0.0699. The lowest BCUT2D eigenvalue weighted by atomic mass is 10.0. The number of thiazole rings is 1. The molecular formula is C15H25N3O2S. The quantitative estimate of drug-likeness (QED) is 0.753. The van der Waals surface area contributed by atoms with Crippen molar-refractivity contribution < 1.29 is 9.90 Å². The monoisotopic (exact) mass is 311 g/mol. The maximum absolute atomic E-state index is 11.8. The number of rotatable bonds is 7. The van der Waals surface area contributed by atoms with Gasteiger partial charge in [0.2, 0.25) is 5.91 Å². The minimum atomic E-state index is -0.493. The Hall–Kier alpha value is -0.980. The number of aromatic nitrogens is 1. The normalized spacial score (nSPS) is 23.1. The second-order valence-electron chi connectivity index (χ2n) is 5.70. The topological polar surface area (TPSA) is 65.5 Å². The Balaban J connectivity index is 1.72. The van der Waals surface area contributed by atoms with E-state index in [0.29, 0.717) is 13.0 Å². The fraction of sp³-hybridized carbons (Fsp3) is 0.733. The van der Waals surface area contributed by atoms with Crippen molar-refractivity contribution in [3.63, 3.8) is 0 Å². The van der Waals surface area contributed by atoms with Gasteiger partial charge in [0.25, 0.3) is 0 Å². The van der Waals surface area contributed by atoms with Crippen molar-refractivity contribution in [3.05, 3.63) is 16.6 Å². The lowest BCUT2D eigenvalue weighted by Gasteiger charge is -2.35. The highest BCUT2D eigenvalue weighted by Gasteiger charge is 2.28. The van der Waals surface area contributed by atoms with Crippen molar-refractivity contribution in [1.82, 2.24) is 15.2 Å². The van der Waals surface area contributed by atoms with Gasteiger partial charge in [-0.05, 0) is 12.8 Å². The van der Waals surface area contributed by atoms with Gasteiger partial charge >= 0.3 is 0 Å². The number of aliphatic hydroxyl groups is 1. The van der Waals surface area contributed by atoms with Crippen molar-refractivity contribution in [2.75, 3.05) is 13.1 Å². The van der Waals surface area contributed by atoms with Crippen LogP contribution in [0.15, 0.2) is 10.9 Å². The van der Waals surface area contributed by atoms with Crippen LogP contribution in [-0.2, 0) is 11.3 Å². The van der Waals surface area contributed by atoms with Gasteiger partial charge in [-0.1, -0.05) is 19.8 Å². The summed E-state index contributed by atoms with van der Waals surface area (Å²) < 4.78 is 0. The summed E-state index contributed by atoms with van der Waals surface area (Å²) in [7, 11) is 0. The minimum Gasteiger partial charge on any atom is -0.390 e. The summed E-state index contributed by atoms with van der Waals surface area (Å²) in [5.74, 6) is 0.0699. The summed E-state index contributed by atoms with van der Waals surface area (Å²) >= 11 is 1.59. The molecule has 0 aromatic carbocycles. The predicted octanol–water partition coefficient (Wildman–Crippen LogP) is 1.77. The van der Waals surface area contributed by atoms with E-state index in [9.17, 15) is 9.90 Å². The van der Waals surface area contributed by atoms with Crippen LogP contribution in [0.3, 0.4) is 0 Å². The van der Waals surface area contributed by atoms with Gasteiger partial charge in [-0.3, -0.25) is 9.69 Å². The molecule has 1 fully saturated rings. The summed E-state index contributed by atoms with van der Waals surface area (Å²) in [6, 6.07) is -0.106. The Morgan fingerprint density at radius 1 is 1.57 bits per heavy atom. The third-order valence-electron chi connectivity index (χ3n) is 3.89. The van der Waals surface area contributed by atoms with Crippen LogP contribution in [0.1, 0.15) is 44.7 Å². The van der Waals surface area contributed by atoms with Crippen molar-refractivity contribution in [3.8, 4) is 0 Å². The Labute approximate surface area is 130 Å². The lowest BCUT2D eigenvalue weighted by Crippen LogP contribution is -2.53. The van der Waals surface area contributed by atoms with E-state index < -0.39 is 6.10 Å². The summed E-state index contributed by atoms with van der Waals surface area (Å²) in [5.41, 5.74) is 2.88. The van der Waals surface area contributed by atoms with Crippen molar-refractivity contribution >= 4 is 17.2 Å².